The summed E-state index contributed by atoms with van der Waals surface area (Å²) in [7, 11) is -4.38. The van der Waals surface area contributed by atoms with E-state index in [1.54, 1.807) is 0 Å². The Balaban J connectivity index is 0.00000387. The van der Waals surface area contributed by atoms with Gasteiger partial charge in [-0.2, -0.15) is 29.9 Å². The first-order chi connectivity index (χ1) is 19.3. The Morgan fingerprint density at radius 2 is 1.32 bits per heavy atom. The number of aromatic nitrogens is 6. The molecule has 0 aliphatic carbocycles. The van der Waals surface area contributed by atoms with E-state index in [1.807, 2.05) is 36.1 Å². The number of benzene rings is 1. The van der Waals surface area contributed by atoms with Crippen LogP contribution in [0.1, 0.15) is 5.82 Å². The molecule has 4 heterocycles. The van der Waals surface area contributed by atoms with Crippen LogP contribution in [0.15, 0.2) is 24.3 Å². The van der Waals surface area contributed by atoms with Crippen molar-refractivity contribution >= 4 is 51.2 Å². The molecule has 2 aliphatic rings. The number of anilines is 7. The monoisotopic (exact) mass is 579 g/mol. The van der Waals surface area contributed by atoms with Gasteiger partial charge in [-0.05, 0) is 25.1 Å². The van der Waals surface area contributed by atoms with Crippen molar-refractivity contribution < 1.29 is 41.3 Å². The molecule has 0 atom stereocenters. The van der Waals surface area contributed by atoms with E-state index in [9.17, 15) is 13.0 Å². The van der Waals surface area contributed by atoms with E-state index >= 15 is 0 Å². The molecule has 2 fully saturated rings. The van der Waals surface area contributed by atoms with E-state index in [4.69, 9.17) is 9.47 Å². The second-order valence-electron chi connectivity index (χ2n) is 9.01. The molecule has 41 heavy (non-hydrogen) atoms. The molecule has 0 amide bonds. The Labute approximate surface area is 249 Å². The minimum atomic E-state index is -4.38. The largest absolute Gasteiger partial charge is 1.00 e. The first-order valence-electron chi connectivity index (χ1n) is 12.8. The van der Waals surface area contributed by atoms with Crippen LogP contribution in [0.25, 0.3) is 0 Å². The third-order valence-corrected chi connectivity index (χ3v) is 6.66. The van der Waals surface area contributed by atoms with Gasteiger partial charge in [0.15, 0.2) is 0 Å². The number of hydrogen-bond acceptors (Lipinski definition) is 16. The molecule has 2 aliphatic heterocycles. The van der Waals surface area contributed by atoms with E-state index < -0.39 is 15.9 Å². The Kier molecular flexibility index (Phi) is 10.5. The zero-order chi connectivity index (χ0) is 28.0. The summed E-state index contributed by atoms with van der Waals surface area (Å²) in [6.07, 6.45) is 0. The predicted octanol–water partition coefficient (Wildman–Crippen LogP) is -2.51. The van der Waals surface area contributed by atoms with Crippen LogP contribution in [-0.2, 0) is 19.6 Å². The number of morpholine rings is 2. The first-order valence-corrected chi connectivity index (χ1v) is 14.3. The molecule has 0 spiro atoms. The number of aryl methyl sites for hydroxylation is 1. The van der Waals surface area contributed by atoms with Crippen LogP contribution in [0.2, 0.25) is 0 Å². The average Bonchev–Trinajstić information content (AvgIpc) is 2.93. The van der Waals surface area contributed by atoms with Crippen molar-refractivity contribution in [3.05, 3.63) is 30.1 Å². The molecule has 0 saturated carbocycles. The summed E-state index contributed by atoms with van der Waals surface area (Å²) in [5.41, 5.74) is 1.40. The molecule has 3 N–H and O–H groups in total. The third-order valence-electron chi connectivity index (χ3n) is 5.96. The molecule has 2 saturated heterocycles. The summed E-state index contributed by atoms with van der Waals surface area (Å²) >= 11 is 0. The Morgan fingerprint density at radius 3 is 1.88 bits per heavy atom. The molecule has 0 unspecified atom stereocenters. The van der Waals surface area contributed by atoms with Crippen molar-refractivity contribution in [1.29, 1.82) is 0 Å². The van der Waals surface area contributed by atoms with E-state index in [0.29, 0.717) is 82.0 Å². The number of nitrogens with zero attached hydrogens (tertiary/aromatic N) is 8. The van der Waals surface area contributed by atoms with Gasteiger partial charge in [-0.3, -0.25) is 0 Å². The number of rotatable bonds is 10. The van der Waals surface area contributed by atoms with E-state index in [1.165, 1.54) is 0 Å². The molecule has 0 bridgehead atoms. The molecule has 214 valence electrons. The van der Waals surface area contributed by atoms with E-state index in [-0.39, 0.29) is 37.3 Å². The van der Waals surface area contributed by atoms with Crippen molar-refractivity contribution in [2.45, 2.75) is 6.92 Å². The van der Waals surface area contributed by atoms with Gasteiger partial charge in [-0.15, -0.1) is 0 Å². The molecular weight excluding hydrogens is 549 g/mol. The van der Waals surface area contributed by atoms with Gasteiger partial charge in [0.25, 0.3) is 0 Å². The zero-order valence-corrected chi connectivity index (χ0v) is 23.7. The maximum atomic E-state index is 11.0. The first kappa shape index (κ1) is 30.6. The van der Waals surface area contributed by atoms with Gasteiger partial charge in [0, 0.05) is 44.1 Å². The number of nitrogens with one attached hydrogen (secondary N) is 3. The summed E-state index contributed by atoms with van der Waals surface area (Å²) in [6, 6.07) is 7.42. The van der Waals surface area contributed by atoms with E-state index in [0.717, 1.165) is 5.69 Å². The quantitative estimate of drug-likeness (QED) is 0.168. The molecule has 0 radical (unpaired) electrons. The second-order valence-corrected chi connectivity index (χ2v) is 10.5. The van der Waals surface area contributed by atoms with Crippen molar-refractivity contribution in [3.63, 3.8) is 0 Å². The number of ether oxygens (including phenoxy) is 2. The van der Waals surface area contributed by atoms with Crippen LogP contribution in [0.3, 0.4) is 0 Å². The minimum absolute atomic E-state index is 0. The van der Waals surface area contributed by atoms with Gasteiger partial charge in [0.05, 0.1) is 42.3 Å². The van der Waals surface area contributed by atoms with Crippen LogP contribution in [-0.4, -0.2) is 108 Å². The standard InChI is InChI=1S/C23H31N11O5S.Li/c1-16-25-20(31-22(26-16)33-6-10-38-11-7-33)27-17-3-2-4-18(15-17)28-21-29-19(24-5-14-40(35,36)37)30-23(32-21)34-8-12-39-13-9-34;/h2-4,15H,5-14H2,1H3,(H,35,36,37)(H,25,26,27,31)(H2,24,28,29,30,32);/q;+1/p-1. The second kappa shape index (κ2) is 14.0. The van der Waals surface area contributed by atoms with Gasteiger partial charge < -0.3 is 39.8 Å². The Hall–Kier alpha value is -3.33. The third kappa shape index (κ3) is 9.08. The summed E-state index contributed by atoms with van der Waals surface area (Å²) in [5.74, 6) is 1.81. The molecule has 2 aromatic heterocycles. The Morgan fingerprint density at radius 1 is 0.805 bits per heavy atom. The zero-order valence-electron chi connectivity index (χ0n) is 22.9. The van der Waals surface area contributed by atoms with Crippen LogP contribution in [0.4, 0.5) is 41.1 Å². The van der Waals surface area contributed by atoms with Crippen LogP contribution < -0.4 is 44.6 Å². The van der Waals surface area contributed by atoms with Gasteiger partial charge in [-0.1, -0.05) is 6.07 Å². The molecule has 3 aromatic rings. The van der Waals surface area contributed by atoms with Crippen molar-refractivity contribution in [3.8, 4) is 0 Å². The minimum Gasteiger partial charge on any atom is -0.748 e. The fourth-order valence-electron chi connectivity index (χ4n) is 4.05. The summed E-state index contributed by atoms with van der Waals surface area (Å²) < 4.78 is 43.9. The Bertz CT molecular complexity index is 1420. The van der Waals surface area contributed by atoms with E-state index in [2.05, 4.69) is 50.8 Å². The van der Waals surface area contributed by atoms with Gasteiger partial charge in [0.1, 0.15) is 5.82 Å². The van der Waals surface area contributed by atoms with Crippen molar-refractivity contribution in [2.24, 2.45) is 0 Å². The summed E-state index contributed by atoms with van der Waals surface area (Å²) in [5, 5.41) is 9.21. The fraction of sp³-hybridized carbons (Fsp3) is 0.478. The molecular formula is C23H30LiN11O5S. The fourth-order valence-corrected chi connectivity index (χ4v) is 4.41. The maximum absolute atomic E-state index is 11.0. The summed E-state index contributed by atoms with van der Waals surface area (Å²) in [6.45, 7) is 6.61. The van der Waals surface area contributed by atoms with Crippen LogP contribution in [0.5, 0.6) is 0 Å². The SMILES string of the molecule is Cc1nc(Nc2cccc(Nc3nc(NCCS(=O)(=O)[O-])nc(N4CCOCC4)n3)c2)nc(N2CCOCC2)n1.[Li+]. The van der Waals surface area contributed by atoms with Crippen molar-refractivity contribution in [2.75, 3.05) is 90.7 Å². The van der Waals surface area contributed by atoms with Gasteiger partial charge >= 0.3 is 18.9 Å². The molecule has 1 aromatic carbocycles. The maximum Gasteiger partial charge on any atom is 1.00 e. The van der Waals surface area contributed by atoms with Crippen LogP contribution in [0, 0.1) is 6.92 Å². The average molecular weight is 580 g/mol. The molecule has 5 rings (SSSR count). The van der Waals surface area contributed by atoms with Gasteiger partial charge in [-0.25, -0.2) is 8.42 Å². The topological polar surface area (TPSA) is 196 Å². The molecule has 18 heteroatoms. The number of hydrogen-bond donors (Lipinski definition) is 3. The van der Waals surface area contributed by atoms with Gasteiger partial charge in [0.2, 0.25) is 29.7 Å². The molecule has 16 nitrogen and oxygen atoms in total. The predicted molar refractivity (Wildman–Crippen MR) is 147 cm³/mol. The van der Waals surface area contributed by atoms with Crippen LogP contribution >= 0.6 is 0 Å². The normalized spacial score (nSPS) is 15.7. The summed E-state index contributed by atoms with van der Waals surface area (Å²) in [4.78, 5) is 30.8. The smallest absolute Gasteiger partial charge is 0.748 e. The van der Waals surface area contributed by atoms with Crippen molar-refractivity contribution in [1.82, 2.24) is 29.9 Å².